The number of pyridine rings is 2. The number of fused-ring (bicyclic) bond motifs is 8. The summed E-state index contributed by atoms with van der Waals surface area (Å²) in [5.41, 5.74) is 6.29. The normalized spacial score (nSPS) is 25.2. The minimum atomic E-state index is -0.437. The second-order valence-electron chi connectivity index (χ2n) is 18.4. The molecule has 0 spiro atoms. The molecule has 10 atom stereocenters. The van der Waals surface area contributed by atoms with Crippen molar-refractivity contribution in [3.05, 3.63) is 158 Å². The van der Waals surface area contributed by atoms with Gasteiger partial charge in [0.2, 0.25) is 11.8 Å². The summed E-state index contributed by atoms with van der Waals surface area (Å²) in [4.78, 5) is 25.7. The Hall–Kier alpha value is -6.62. The van der Waals surface area contributed by atoms with E-state index < -0.39 is 12.2 Å². The molecule has 0 amide bonds. The van der Waals surface area contributed by atoms with Crippen LogP contribution in [0.1, 0.15) is 49.0 Å². The van der Waals surface area contributed by atoms with Crippen molar-refractivity contribution >= 4 is 21.8 Å². The van der Waals surface area contributed by atoms with E-state index >= 15 is 0 Å². The fourth-order valence-corrected chi connectivity index (χ4v) is 11.5. The van der Waals surface area contributed by atoms with E-state index in [0.29, 0.717) is 46.8 Å². The van der Waals surface area contributed by atoms with Crippen LogP contribution in [0.3, 0.4) is 0 Å². The lowest BCUT2D eigenvalue weighted by Crippen LogP contribution is -2.55. The summed E-state index contributed by atoms with van der Waals surface area (Å²) in [6.07, 6.45) is 11.4. The first-order valence-electron chi connectivity index (χ1n) is 23.4. The molecule has 6 fully saturated rings. The highest BCUT2D eigenvalue weighted by Gasteiger charge is 2.46. The maximum Gasteiger partial charge on any atom is 0.229 e. The predicted octanol–water partition coefficient (Wildman–Crippen LogP) is 11.0. The molecule has 6 aliphatic rings. The first-order valence-corrected chi connectivity index (χ1v) is 23.4. The zero-order chi connectivity index (χ0) is 44.7. The van der Waals surface area contributed by atoms with Gasteiger partial charge < -0.3 is 18.9 Å². The topological polar surface area (TPSA) is 95.0 Å². The number of benzene rings is 4. The summed E-state index contributed by atoms with van der Waals surface area (Å²) in [5, 5.41) is 1.97. The van der Waals surface area contributed by atoms with E-state index in [0.717, 1.165) is 107 Å². The van der Waals surface area contributed by atoms with Gasteiger partial charge in [-0.1, -0.05) is 72.8 Å². The van der Waals surface area contributed by atoms with Crippen molar-refractivity contribution in [2.24, 2.45) is 23.7 Å². The number of ether oxygens (including phenoxy) is 4. The number of piperidine rings is 6. The number of nitrogens with zero attached hydrogens (tertiary/aromatic N) is 6. The molecular formula is C56H56N6O4. The van der Waals surface area contributed by atoms with Crippen molar-refractivity contribution in [3.8, 4) is 45.8 Å². The molecule has 10 nitrogen and oxygen atoms in total. The number of methoxy groups -OCH3 is 2. The molecule has 10 heteroatoms. The lowest BCUT2D eigenvalue weighted by Gasteiger charge is -2.51. The lowest BCUT2D eigenvalue weighted by molar-refractivity contribution is -0.0388. The van der Waals surface area contributed by atoms with Gasteiger partial charge in [-0.25, -0.2) is 0 Å². The Morgan fingerprint density at radius 3 is 1.48 bits per heavy atom. The van der Waals surface area contributed by atoms with Gasteiger partial charge in [-0.15, -0.1) is 13.2 Å². The Labute approximate surface area is 387 Å². The molecule has 334 valence electrons. The van der Waals surface area contributed by atoms with Crippen molar-refractivity contribution in [1.29, 1.82) is 0 Å². The molecule has 3 aromatic heterocycles. The summed E-state index contributed by atoms with van der Waals surface area (Å²) in [6.45, 7) is 12.3. The van der Waals surface area contributed by atoms with Crippen LogP contribution in [-0.4, -0.2) is 82.2 Å². The van der Waals surface area contributed by atoms with E-state index in [-0.39, 0.29) is 12.1 Å². The van der Waals surface area contributed by atoms with Crippen LogP contribution in [0.15, 0.2) is 147 Å². The van der Waals surface area contributed by atoms with Gasteiger partial charge in [0.1, 0.15) is 29.3 Å². The summed E-state index contributed by atoms with van der Waals surface area (Å²) < 4.78 is 27.1. The van der Waals surface area contributed by atoms with Gasteiger partial charge in [-0.05, 0) is 117 Å². The Balaban J connectivity index is 1.13. The van der Waals surface area contributed by atoms with E-state index in [4.69, 9.17) is 38.9 Å². The molecule has 66 heavy (non-hydrogen) atoms. The highest BCUT2D eigenvalue weighted by molar-refractivity contribution is 5.85. The van der Waals surface area contributed by atoms with Crippen LogP contribution < -0.4 is 18.9 Å². The predicted molar refractivity (Wildman–Crippen MR) is 260 cm³/mol. The highest BCUT2D eigenvalue weighted by Crippen LogP contribution is 2.49. The molecule has 0 radical (unpaired) electrons. The summed E-state index contributed by atoms with van der Waals surface area (Å²) in [7, 11) is 3.41. The summed E-state index contributed by atoms with van der Waals surface area (Å²) in [6, 6.07) is 37.0. The molecule has 0 N–H and O–H groups in total. The number of rotatable bonds is 14. The van der Waals surface area contributed by atoms with E-state index in [1.807, 2.05) is 73.1 Å². The smallest absolute Gasteiger partial charge is 0.229 e. The maximum absolute atomic E-state index is 7.73. The molecule has 2 unspecified atom stereocenters. The van der Waals surface area contributed by atoms with Crippen LogP contribution in [0.5, 0.6) is 23.3 Å². The third-order valence-corrected chi connectivity index (χ3v) is 15.0. The largest absolute Gasteiger partial charge is 0.497 e. The van der Waals surface area contributed by atoms with E-state index in [1.54, 1.807) is 14.2 Å². The zero-order valence-corrected chi connectivity index (χ0v) is 37.7. The second-order valence-corrected chi connectivity index (χ2v) is 18.4. The number of hydrogen-bond donors (Lipinski definition) is 0. The van der Waals surface area contributed by atoms with Gasteiger partial charge >= 0.3 is 0 Å². The van der Waals surface area contributed by atoms with Crippen LogP contribution in [-0.2, 0) is 0 Å². The first-order chi connectivity index (χ1) is 32.5. The maximum atomic E-state index is 7.73. The van der Waals surface area contributed by atoms with E-state index in [9.17, 15) is 0 Å². The van der Waals surface area contributed by atoms with E-state index in [2.05, 4.69) is 83.6 Å². The molecule has 0 aliphatic carbocycles. The Kier molecular flexibility index (Phi) is 11.5. The Bertz CT molecular complexity index is 2740. The van der Waals surface area contributed by atoms with Crippen LogP contribution in [0.2, 0.25) is 0 Å². The monoisotopic (exact) mass is 876 g/mol. The molecule has 9 heterocycles. The van der Waals surface area contributed by atoms with Crippen molar-refractivity contribution in [1.82, 2.24) is 29.7 Å². The van der Waals surface area contributed by atoms with Crippen molar-refractivity contribution in [3.63, 3.8) is 0 Å². The van der Waals surface area contributed by atoms with Gasteiger partial charge in [0.05, 0.1) is 37.3 Å². The Morgan fingerprint density at radius 1 is 0.591 bits per heavy atom. The molecule has 4 aromatic carbocycles. The van der Waals surface area contributed by atoms with Crippen molar-refractivity contribution in [2.75, 3.05) is 40.4 Å². The minimum Gasteiger partial charge on any atom is -0.497 e. The molecule has 6 saturated heterocycles. The van der Waals surface area contributed by atoms with Crippen molar-refractivity contribution < 1.29 is 18.9 Å². The quantitative estimate of drug-likeness (QED) is 0.0983. The summed E-state index contributed by atoms with van der Waals surface area (Å²) in [5.74, 6) is 4.84. The average Bonchev–Trinajstić information content (AvgIpc) is 3.39. The lowest BCUT2D eigenvalue weighted by atomic mass is 9.73. The van der Waals surface area contributed by atoms with Crippen LogP contribution in [0.25, 0.3) is 44.3 Å². The van der Waals surface area contributed by atoms with Crippen LogP contribution in [0, 0.1) is 23.7 Å². The van der Waals surface area contributed by atoms with Crippen LogP contribution in [0.4, 0.5) is 0 Å². The molecule has 7 aromatic rings. The standard InChI is InChI=1S/C56H56N6O4/c1-5-35-33-61-27-23-39(35)29-49(61)52(43-21-25-57-47-19-17-41(63-3)31-45(43)47)65-55-51(37-13-9-7-10-14-37)56(60-54(59-55)38-15-11-8-12-16-38)66-53(50-30-40-24-28-62(50)34-36(40)6-2)44-22-26-58-48-20-18-42(64-4)32-46(44)48/h5-22,25-26,31-32,35-36,39-40,49-50,52-53H,1-2,23-24,27-30,33-34H2,3-4H3/t35-,36-,39-,40-,49+,50+,52+,53+/m0/s1. The Morgan fingerprint density at radius 2 is 1.06 bits per heavy atom. The van der Waals surface area contributed by atoms with Gasteiger partial charge in [0, 0.05) is 52.9 Å². The average molecular weight is 877 g/mol. The van der Waals surface area contributed by atoms with Gasteiger partial charge in [-0.3, -0.25) is 19.8 Å². The van der Waals surface area contributed by atoms with Crippen LogP contribution >= 0.6 is 0 Å². The minimum absolute atomic E-state index is 0.0502. The third-order valence-electron chi connectivity index (χ3n) is 15.0. The number of aromatic nitrogens is 4. The molecular weight excluding hydrogens is 821 g/mol. The summed E-state index contributed by atoms with van der Waals surface area (Å²) >= 11 is 0. The molecule has 6 aliphatic heterocycles. The van der Waals surface area contributed by atoms with Gasteiger partial charge in [-0.2, -0.15) is 9.97 Å². The molecule has 13 rings (SSSR count). The fourth-order valence-electron chi connectivity index (χ4n) is 11.5. The SMILES string of the molecule is C=C[C@H]1CN2CC[C@H]1C[C@@H]2[C@H](Oc1nc(-c2ccccc2)nc(O[C@H](c2ccnc3ccc(OC)cc23)[C@H]2C[C@@H]3CCN2C[C@@H]3C=C)c1-c1ccccc1)c1ccnc2ccc(OC)cc12. The third kappa shape index (κ3) is 7.75. The second kappa shape index (κ2) is 18.0. The highest BCUT2D eigenvalue weighted by atomic mass is 16.5. The van der Waals surface area contributed by atoms with Gasteiger partial charge in [0.15, 0.2) is 5.82 Å². The zero-order valence-electron chi connectivity index (χ0n) is 37.7. The van der Waals surface area contributed by atoms with E-state index in [1.165, 1.54) is 0 Å². The molecule has 0 saturated carbocycles. The fraction of sp³-hybridized carbons (Fsp3) is 0.321. The van der Waals surface area contributed by atoms with Crippen molar-refractivity contribution in [2.45, 2.75) is 50.0 Å². The molecule has 4 bridgehead atoms. The number of hydrogen-bond acceptors (Lipinski definition) is 10. The first kappa shape index (κ1) is 42.0. The van der Waals surface area contributed by atoms with Gasteiger partial charge in [0.25, 0.3) is 0 Å².